The van der Waals surface area contributed by atoms with Crippen molar-refractivity contribution in [3.63, 3.8) is 0 Å². The van der Waals surface area contributed by atoms with Crippen molar-refractivity contribution in [1.29, 1.82) is 0 Å². The Morgan fingerprint density at radius 1 is 1.07 bits per heavy atom. The summed E-state index contributed by atoms with van der Waals surface area (Å²) in [6.07, 6.45) is 0. The Bertz CT molecular complexity index is 403. The zero-order chi connectivity index (χ0) is 9.97. The third kappa shape index (κ3) is 1.53. The van der Waals surface area contributed by atoms with Crippen LogP contribution in [0.25, 0.3) is 11.1 Å². The average molecular weight is 185 g/mol. The summed E-state index contributed by atoms with van der Waals surface area (Å²) in [6, 6.07) is 15.5. The summed E-state index contributed by atoms with van der Waals surface area (Å²) in [5.74, 6) is -0.221. The van der Waals surface area contributed by atoms with Gasteiger partial charge in [-0.3, -0.25) is 0 Å². The molecule has 0 fully saturated rings. The van der Waals surface area contributed by atoms with Crippen LogP contribution in [0.1, 0.15) is 5.56 Å². The Morgan fingerprint density at radius 2 is 1.86 bits per heavy atom. The van der Waals surface area contributed by atoms with Gasteiger partial charge in [-0.15, -0.1) is 0 Å². The van der Waals surface area contributed by atoms with Crippen LogP contribution in [-0.4, -0.2) is 0 Å². The molecule has 0 bridgehead atoms. The SMILES string of the molecule is Cc1ccccc1-c1[c]cccc1F. The van der Waals surface area contributed by atoms with E-state index < -0.39 is 0 Å². The van der Waals surface area contributed by atoms with Gasteiger partial charge >= 0.3 is 0 Å². The van der Waals surface area contributed by atoms with Crippen LogP contribution < -0.4 is 0 Å². The lowest BCUT2D eigenvalue weighted by atomic mass is 10.0. The van der Waals surface area contributed by atoms with E-state index in [1.165, 1.54) is 6.07 Å². The second kappa shape index (κ2) is 3.62. The van der Waals surface area contributed by atoms with E-state index in [-0.39, 0.29) is 5.82 Å². The van der Waals surface area contributed by atoms with E-state index in [4.69, 9.17) is 0 Å². The van der Waals surface area contributed by atoms with Crippen LogP contribution in [0.2, 0.25) is 0 Å². The lowest BCUT2D eigenvalue weighted by Gasteiger charge is -2.05. The van der Waals surface area contributed by atoms with Gasteiger partial charge in [-0.25, -0.2) is 4.39 Å². The fraction of sp³-hybridized carbons (Fsp3) is 0.0769. The molecule has 0 heterocycles. The Balaban J connectivity index is 2.61. The molecular formula is C13H10F. The molecule has 0 aliphatic heterocycles. The third-order valence-electron chi connectivity index (χ3n) is 2.22. The van der Waals surface area contributed by atoms with Gasteiger partial charge in [0.25, 0.3) is 0 Å². The molecule has 0 spiro atoms. The molecule has 0 aliphatic rings. The second-order valence-electron chi connectivity index (χ2n) is 3.21. The van der Waals surface area contributed by atoms with E-state index in [0.717, 1.165) is 11.1 Å². The van der Waals surface area contributed by atoms with Gasteiger partial charge in [0, 0.05) is 5.56 Å². The van der Waals surface area contributed by atoms with Crippen molar-refractivity contribution in [1.82, 2.24) is 0 Å². The summed E-state index contributed by atoms with van der Waals surface area (Å²) in [5, 5.41) is 0. The summed E-state index contributed by atoms with van der Waals surface area (Å²) in [6.45, 7) is 1.97. The third-order valence-corrected chi connectivity index (χ3v) is 2.22. The Labute approximate surface area is 83.0 Å². The molecule has 0 aliphatic carbocycles. The van der Waals surface area contributed by atoms with Gasteiger partial charge in [-0.05, 0) is 30.2 Å². The van der Waals surface area contributed by atoms with Gasteiger partial charge in [0.05, 0.1) is 0 Å². The van der Waals surface area contributed by atoms with Gasteiger partial charge in [0.2, 0.25) is 0 Å². The lowest BCUT2D eigenvalue weighted by molar-refractivity contribution is 0.631. The van der Waals surface area contributed by atoms with E-state index in [2.05, 4.69) is 6.07 Å². The van der Waals surface area contributed by atoms with Crippen molar-refractivity contribution in [3.8, 4) is 11.1 Å². The molecule has 0 amide bonds. The van der Waals surface area contributed by atoms with E-state index in [1.807, 2.05) is 31.2 Å². The molecule has 0 saturated carbocycles. The number of aryl methyl sites for hydroxylation is 1. The topological polar surface area (TPSA) is 0 Å². The average Bonchev–Trinajstić information content (AvgIpc) is 2.20. The van der Waals surface area contributed by atoms with Crippen molar-refractivity contribution in [2.75, 3.05) is 0 Å². The monoisotopic (exact) mass is 185 g/mol. The number of benzene rings is 2. The predicted octanol–water partition coefficient (Wildman–Crippen LogP) is 3.60. The molecule has 0 aromatic heterocycles. The van der Waals surface area contributed by atoms with Gasteiger partial charge in [-0.2, -0.15) is 0 Å². The Kier molecular flexibility index (Phi) is 2.32. The normalized spacial score (nSPS) is 10.1. The fourth-order valence-corrected chi connectivity index (χ4v) is 1.48. The first-order chi connectivity index (χ1) is 6.79. The highest BCUT2D eigenvalue weighted by Gasteiger charge is 2.05. The minimum absolute atomic E-state index is 0.221. The number of halogens is 1. The minimum Gasteiger partial charge on any atom is -0.206 e. The zero-order valence-electron chi connectivity index (χ0n) is 7.92. The standard InChI is InChI=1S/C13H10F/c1-10-6-2-3-7-11(10)12-8-4-5-9-13(12)14/h2-7,9H,1H3. The number of hydrogen-bond acceptors (Lipinski definition) is 0. The highest BCUT2D eigenvalue weighted by Crippen LogP contribution is 2.24. The Morgan fingerprint density at radius 3 is 2.57 bits per heavy atom. The first-order valence-corrected chi connectivity index (χ1v) is 4.51. The quantitative estimate of drug-likeness (QED) is 0.636. The minimum atomic E-state index is -0.221. The van der Waals surface area contributed by atoms with Gasteiger partial charge < -0.3 is 0 Å². The van der Waals surface area contributed by atoms with Crippen LogP contribution in [0, 0.1) is 18.8 Å². The summed E-state index contributed by atoms with van der Waals surface area (Å²) in [7, 11) is 0. The molecule has 0 saturated heterocycles. The highest BCUT2D eigenvalue weighted by molar-refractivity contribution is 5.66. The van der Waals surface area contributed by atoms with Crippen LogP contribution >= 0.6 is 0 Å². The van der Waals surface area contributed by atoms with Gasteiger partial charge in [-0.1, -0.05) is 36.4 Å². The fourth-order valence-electron chi connectivity index (χ4n) is 1.48. The summed E-state index contributed by atoms with van der Waals surface area (Å²) in [5.41, 5.74) is 2.52. The molecule has 0 atom stereocenters. The Hall–Kier alpha value is -1.63. The molecule has 2 aromatic carbocycles. The van der Waals surface area contributed by atoms with E-state index >= 15 is 0 Å². The smallest absolute Gasteiger partial charge is 0.131 e. The van der Waals surface area contributed by atoms with Crippen molar-refractivity contribution in [2.24, 2.45) is 0 Å². The van der Waals surface area contributed by atoms with Crippen LogP contribution in [-0.2, 0) is 0 Å². The largest absolute Gasteiger partial charge is 0.206 e. The molecule has 1 radical (unpaired) electrons. The maximum absolute atomic E-state index is 13.4. The molecule has 0 N–H and O–H groups in total. The maximum atomic E-state index is 13.4. The summed E-state index contributed by atoms with van der Waals surface area (Å²) < 4.78 is 13.4. The van der Waals surface area contributed by atoms with Crippen LogP contribution in [0.3, 0.4) is 0 Å². The first kappa shape index (κ1) is 8.95. The van der Waals surface area contributed by atoms with E-state index in [1.54, 1.807) is 12.1 Å². The molecule has 2 rings (SSSR count). The van der Waals surface area contributed by atoms with Crippen molar-refractivity contribution >= 4 is 0 Å². The molecule has 2 aromatic rings. The lowest BCUT2D eigenvalue weighted by Crippen LogP contribution is -1.86. The molecule has 14 heavy (non-hydrogen) atoms. The van der Waals surface area contributed by atoms with Crippen LogP contribution in [0.4, 0.5) is 4.39 Å². The van der Waals surface area contributed by atoms with Crippen molar-refractivity contribution in [3.05, 3.63) is 59.9 Å². The molecule has 69 valence electrons. The second-order valence-corrected chi connectivity index (χ2v) is 3.21. The number of hydrogen-bond donors (Lipinski definition) is 0. The molecular weight excluding hydrogens is 175 g/mol. The number of rotatable bonds is 1. The predicted molar refractivity (Wildman–Crippen MR) is 55.4 cm³/mol. The van der Waals surface area contributed by atoms with E-state index in [9.17, 15) is 4.39 Å². The van der Waals surface area contributed by atoms with Crippen LogP contribution in [0.15, 0.2) is 42.5 Å². The zero-order valence-corrected chi connectivity index (χ0v) is 7.92. The van der Waals surface area contributed by atoms with Crippen molar-refractivity contribution in [2.45, 2.75) is 6.92 Å². The molecule has 0 unspecified atom stereocenters. The van der Waals surface area contributed by atoms with Crippen LogP contribution in [0.5, 0.6) is 0 Å². The highest BCUT2D eigenvalue weighted by atomic mass is 19.1. The maximum Gasteiger partial charge on any atom is 0.131 e. The summed E-state index contributed by atoms with van der Waals surface area (Å²) >= 11 is 0. The van der Waals surface area contributed by atoms with Crippen molar-refractivity contribution < 1.29 is 4.39 Å². The van der Waals surface area contributed by atoms with Gasteiger partial charge in [0.1, 0.15) is 5.82 Å². The summed E-state index contributed by atoms with van der Waals surface area (Å²) in [4.78, 5) is 0. The van der Waals surface area contributed by atoms with Gasteiger partial charge in [0.15, 0.2) is 0 Å². The van der Waals surface area contributed by atoms with E-state index in [0.29, 0.717) is 5.56 Å². The molecule has 1 heteroatoms. The first-order valence-electron chi connectivity index (χ1n) is 4.51. The molecule has 0 nitrogen and oxygen atoms in total.